The first-order chi connectivity index (χ1) is 29.9. The number of hydrogen-bond donors (Lipinski definition) is 2. The standard InChI is InChI=1S/C29H34O5.C25H30O3/c1-18(30)33-27-15-21-9-10-23-22(13-14-29(3)25(23)11-12-28(29)34-19(2)31)24(21)16-26(27)32-17-20-7-5-4-6-8-20;1-25-12-11-18-19(21(25)9-10-24(25)27)8-7-17-13-22(26)23(14-20(17)18)28-15-16-5-3-2-4-6-16/h4-8,15-16,22-23,25,28H,9-14,17H2,1-3H3;2-6,13-14,18-19,21,24,26-27H,7-12,15H2,1H3/t22-,23+,25-,28?,29-;18-,19+,21-,24?,25-/m00/s1. The van der Waals surface area contributed by atoms with Gasteiger partial charge in [-0.2, -0.15) is 0 Å². The van der Waals surface area contributed by atoms with Crippen molar-refractivity contribution >= 4 is 11.9 Å². The van der Waals surface area contributed by atoms with E-state index in [4.69, 9.17) is 18.9 Å². The van der Waals surface area contributed by atoms with Crippen molar-refractivity contribution in [3.05, 3.63) is 118 Å². The van der Waals surface area contributed by atoms with Gasteiger partial charge in [-0.05, 0) is 176 Å². The van der Waals surface area contributed by atoms with Crippen LogP contribution in [0.15, 0.2) is 84.9 Å². The van der Waals surface area contributed by atoms with Crippen LogP contribution in [0.4, 0.5) is 0 Å². The van der Waals surface area contributed by atoms with E-state index in [2.05, 4.69) is 26.0 Å². The highest BCUT2D eigenvalue weighted by Crippen LogP contribution is 2.63. The van der Waals surface area contributed by atoms with E-state index in [9.17, 15) is 19.8 Å². The van der Waals surface area contributed by atoms with E-state index in [0.717, 1.165) is 81.8 Å². The number of aromatic hydroxyl groups is 1. The minimum absolute atomic E-state index is 0.0356. The van der Waals surface area contributed by atoms with Crippen LogP contribution in [0.2, 0.25) is 0 Å². The second kappa shape index (κ2) is 17.4. The number of aryl methyl sites for hydroxylation is 2. The highest BCUT2D eigenvalue weighted by molar-refractivity contribution is 5.71. The topological polar surface area (TPSA) is 112 Å². The Morgan fingerprint density at radius 2 is 1.15 bits per heavy atom. The number of aliphatic hydroxyl groups is 1. The molecule has 0 amide bonds. The number of fused-ring (bicyclic) bond motifs is 10. The summed E-state index contributed by atoms with van der Waals surface area (Å²) in [5, 5.41) is 21.1. The van der Waals surface area contributed by atoms with Crippen molar-refractivity contribution in [1.82, 2.24) is 0 Å². The first-order valence-electron chi connectivity index (χ1n) is 23.3. The molecule has 4 saturated carbocycles. The molecule has 4 aromatic rings. The molecular formula is C54H64O8. The van der Waals surface area contributed by atoms with Gasteiger partial charge in [0, 0.05) is 19.3 Å². The first-order valence-corrected chi connectivity index (χ1v) is 23.3. The molecule has 62 heavy (non-hydrogen) atoms. The molecule has 2 unspecified atom stereocenters. The van der Waals surface area contributed by atoms with Crippen LogP contribution in [0, 0.1) is 34.5 Å². The lowest BCUT2D eigenvalue weighted by atomic mass is 9.55. The summed E-state index contributed by atoms with van der Waals surface area (Å²) in [6, 6.07) is 28.3. The van der Waals surface area contributed by atoms with E-state index in [-0.39, 0.29) is 40.7 Å². The fourth-order valence-corrected chi connectivity index (χ4v) is 13.4. The normalized spacial score (nSPS) is 31.3. The molecule has 0 spiro atoms. The molecular weight excluding hydrogens is 777 g/mol. The van der Waals surface area contributed by atoms with Crippen molar-refractivity contribution in [2.75, 3.05) is 0 Å². The summed E-state index contributed by atoms with van der Waals surface area (Å²) >= 11 is 0. The minimum atomic E-state index is -0.339. The van der Waals surface area contributed by atoms with Crippen LogP contribution >= 0.6 is 0 Å². The van der Waals surface area contributed by atoms with Gasteiger partial charge in [0.2, 0.25) is 0 Å². The third kappa shape index (κ3) is 8.13. The van der Waals surface area contributed by atoms with Crippen molar-refractivity contribution in [2.24, 2.45) is 34.5 Å². The quantitative estimate of drug-likeness (QED) is 0.133. The second-order valence-corrected chi connectivity index (χ2v) is 19.8. The number of phenolic OH excluding ortho intramolecular Hbond substituents is 1. The van der Waals surface area contributed by atoms with E-state index >= 15 is 0 Å². The zero-order chi connectivity index (χ0) is 43.2. The van der Waals surface area contributed by atoms with Gasteiger partial charge in [0.1, 0.15) is 19.3 Å². The molecule has 10 atom stereocenters. The number of benzene rings is 4. The molecule has 8 heteroatoms. The van der Waals surface area contributed by atoms with E-state index in [0.29, 0.717) is 66.0 Å². The monoisotopic (exact) mass is 840 g/mol. The third-order valence-corrected chi connectivity index (χ3v) is 16.5. The number of aliphatic hydroxyl groups excluding tert-OH is 1. The number of carbonyl (C=O) groups excluding carboxylic acids is 2. The zero-order valence-electron chi connectivity index (χ0n) is 36.9. The van der Waals surface area contributed by atoms with Crippen LogP contribution < -0.4 is 14.2 Å². The zero-order valence-corrected chi connectivity index (χ0v) is 36.9. The van der Waals surface area contributed by atoms with Crippen LogP contribution in [0.3, 0.4) is 0 Å². The van der Waals surface area contributed by atoms with E-state index in [1.807, 2.05) is 72.8 Å². The van der Waals surface area contributed by atoms with E-state index in [1.54, 1.807) is 0 Å². The van der Waals surface area contributed by atoms with Gasteiger partial charge in [0.05, 0.1) is 6.10 Å². The van der Waals surface area contributed by atoms with Gasteiger partial charge in [-0.15, -0.1) is 0 Å². The van der Waals surface area contributed by atoms with Gasteiger partial charge in [0.25, 0.3) is 0 Å². The molecule has 0 heterocycles. The summed E-state index contributed by atoms with van der Waals surface area (Å²) in [5.74, 6) is 4.90. The van der Waals surface area contributed by atoms with Crippen LogP contribution in [0.25, 0.3) is 0 Å². The summed E-state index contributed by atoms with van der Waals surface area (Å²) in [6.07, 6.45) is 12.7. The van der Waals surface area contributed by atoms with Gasteiger partial charge < -0.3 is 29.2 Å². The molecule has 328 valence electrons. The van der Waals surface area contributed by atoms with Crippen LogP contribution in [0.5, 0.6) is 23.0 Å². The number of hydrogen-bond acceptors (Lipinski definition) is 8. The number of carbonyl (C=O) groups is 2. The molecule has 4 aromatic carbocycles. The lowest BCUT2D eigenvalue weighted by Gasteiger charge is -2.50. The molecule has 8 nitrogen and oxygen atoms in total. The van der Waals surface area contributed by atoms with E-state index in [1.165, 1.54) is 42.5 Å². The van der Waals surface area contributed by atoms with Gasteiger partial charge >= 0.3 is 11.9 Å². The second-order valence-electron chi connectivity index (χ2n) is 19.8. The van der Waals surface area contributed by atoms with Crippen LogP contribution in [0.1, 0.15) is 137 Å². The van der Waals surface area contributed by atoms with Gasteiger partial charge in [-0.25, -0.2) is 0 Å². The first kappa shape index (κ1) is 42.5. The van der Waals surface area contributed by atoms with Gasteiger partial charge in [0.15, 0.2) is 23.0 Å². The lowest BCUT2D eigenvalue weighted by molar-refractivity contribution is -0.154. The molecule has 6 aliphatic carbocycles. The maximum absolute atomic E-state index is 11.8. The Bertz CT molecular complexity index is 2260. The van der Waals surface area contributed by atoms with Crippen LogP contribution in [-0.2, 0) is 40.4 Å². The number of phenols is 1. The lowest BCUT2D eigenvalue weighted by Crippen LogP contribution is -2.45. The summed E-state index contributed by atoms with van der Waals surface area (Å²) < 4.78 is 23.5. The summed E-state index contributed by atoms with van der Waals surface area (Å²) in [4.78, 5) is 23.5. The van der Waals surface area contributed by atoms with Crippen molar-refractivity contribution in [3.8, 4) is 23.0 Å². The highest BCUT2D eigenvalue weighted by atomic mass is 16.6. The molecule has 0 bridgehead atoms. The maximum atomic E-state index is 11.8. The SMILES string of the molecule is CC(=O)Oc1cc2c(cc1OCc1ccccc1)[C@H]1CC[C@]3(C)C(OC(C)=O)CC[C@H]3[C@@H]1CC2.C[C@]12CC[C@@H]3c4cc(OCc5ccccc5)c(O)cc4CC[C@H]3[C@@H]1CCC2O. The van der Waals surface area contributed by atoms with Crippen LogP contribution in [-0.4, -0.2) is 34.4 Å². The average molecular weight is 841 g/mol. The molecule has 0 aliphatic heterocycles. The smallest absolute Gasteiger partial charge is 0.308 e. The Hall–Kier alpha value is -4.82. The average Bonchev–Trinajstić information content (AvgIpc) is 3.76. The molecule has 2 N–H and O–H groups in total. The highest BCUT2D eigenvalue weighted by Gasteiger charge is 2.57. The van der Waals surface area contributed by atoms with Crippen molar-refractivity contribution in [2.45, 2.75) is 142 Å². The van der Waals surface area contributed by atoms with Crippen molar-refractivity contribution < 1.29 is 38.7 Å². The fourth-order valence-electron chi connectivity index (χ4n) is 13.4. The predicted octanol–water partition coefficient (Wildman–Crippen LogP) is 11.2. The Morgan fingerprint density at radius 3 is 1.74 bits per heavy atom. The Balaban J connectivity index is 0.000000161. The molecule has 0 saturated heterocycles. The summed E-state index contributed by atoms with van der Waals surface area (Å²) in [7, 11) is 0. The Labute approximate surface area is 367 Å². The van der Waals surface area contributed by atoms with E-state index < -0.39 is 0 Å². The number of rotatable bonds is 8. The molecule has 10 rings (SSSR count). The molecule has 0 aromatic heterocycles. The third-order valence-electron chi connectivity index (χ3n) is 16.5. The Kier molecular flexibility index (Phi) is 11.9. The molecule has 0 radical (unpaired) electrons. The van der Waals surface area contributed by atoms with Gasteiger partial charge in [-0.3, -0.25) is 9.59 Å². The molecule has 6 aliphatic rings. The number of ether oxygens (including phenoxy) is 4. The number of esters is 2. The van der Waals surface area contributed by atoms with Crippen molar-refractivity contribution in [1.29, 1.82) is 0 Å². The summed E-state index contributed by atoms with van der Waals surface area (Å²) in [6.45, 7) is 8.49. The molecule has 4 fully saturated rings. The fraction of sp³-hybridized carbons (Fsp3) is 0.519. The maximum Gasteiger partial charge on any atom is 0.308 e. The van der Waals surface area contributed by atoms with Crippen molar-refractivity contribution in [3.63, 3.8) is 0 Å². The summed E-state index contributed by atoms with van der Waals surface area (Å²) in [5.41, 5.74) is 7.61. The Morgan fingerprint density at radius 1 is 0.613 bits per heavy atom. The minimum Gasteiger partial charge on any atom is -0.504 e. The predicted molar refractivity (Wildman–Crippen MR) is 238 cm³/mol. The van der Waals surface area contributed by atoms with Gasteiger partial charge in [-0.1, -0.05) is 74.5 Å². The largest absolute Gasteiger partial charge is 0.504 e.